The molecule has 0 fully saturated rings. The molecule has 6 nitrogen and oxygen atoms in total. The maximum Gasteiger partial charge on any atom is 0.291 e. The molecule has 0 aliphatic rings. The molecule has 1 amide bonds. The van der Waals surface area contributed by atoms with Crippen LogP contribution in [-0.4, -0.2) is 26.2 Å². The van der Waals surface area contributed by atoms with Gasteiger partial charge in [0.1, 0.15) is 30.5 Å². The molecule has 152 valence electrons. The summed E-state index contributed by atoms with van der Waals surface area (Å²) in [6, 6.07) is 16.4. The SMILES string of the molecule is COCCOc1cc(C)ccc1NC(=O)c1ccc(COc2cccc(Br)c2)o1. The number of anilines is 1. The first-order chi connectivity index (χ1) is 14.0. The van der Waals surface area contributed by atoms with E-state index in [9.17, 15) is 4.79 Å². The number of amides is 1. The summed E-state index contributed by atoms with van der Waals surface area (Å²) in [5.74, 6) is 1.68. The first-order valence-electron chi connectivity index (χ1n) is 9.06. The van der Waals surface area contributed by atoms with Crippen LogP contribution in [0.15, 0.2) is 63.5 Å². The monoisotopic (exact) mass is 459 g/mol. The van der Waals surface area contributed by atoms with Crippen molar-refractivity contribution in [3.05, 3.63) is 76.2 Å². The summed E-state index contributed by atoms with van der Waals surface area (Å²) in [4.78, 5) is 12.6. The highest BCUT2D eigenvalue weighted by Gasteiger charge is 2.14. The van der Waals surface area contributed by atoms with Crippen LogP contribution in [0.5, 0.6) is 11.5 Å². The highest BCUT2D eigenvalue weighted by molar-refractivity contribution is 9.10. The first-order valence-corrected chi connectivity index (χ1v) is 9.85. The minimum absolute atomic E-state index is 0.196. The summed E-state index contributed by atoms with van der Waals surface area (Å²) < 4.78 is 22.9. The molecule has 0 saturated heterocycles. The Morgan fingerprint density at radius 1 is 1.07 bits per heavy atom. The van der Waals surface area contributed by atoms with Crippen LogP contribution in [0, 0.1) is 6.92 Å². The van der Waals surface area contributed by atoms with E-state index in [0.29, 0.717) is 36.2 Å². The fourth-order valence-corrected chi connectivity index (χ4v) is 2.94. The summed E-state index contributed by atoms with van der Waals surface area (Å²) in [6.07, 6.45) is 0. The number of aryl methyl sites for hydroxylation is 1. The van der Waals surface area contributed by atoms with Gasteiger partial charge in [0.15, 0.2) is 5.76 Å². The predicted octanol–water partition coefficient (Wildman–Crippen LogP) is 5.21. The van der Waals surface area contributed by atoms with Gasteiger partial charge >= 0.3 is 0 Å². The number of rotatable bonds is 9. The maximum absolute atomic E-state index is 12.6. The molecule has 0 aliphatic heterocycles. The van der Waals surface area contributed by atoms with Gasteiger partial charge in [-0.15, -0.1) is 0 Å². The van der Waals surface area contributed by atoms with Crippen molar-refractivity contribution in [1.29, 1.82) is 0 Å². The van der Waals surface area contributed by atoms with E-state index < -0.39 is 0 Å². The van der Waals surface area contributed by atoms with Gasteiger partial charge in [-0.25, -0.2) is 0 Å². The largest absolute Gasteiger partial charge is 0.489 e. The van der Waals surface area contributed by atoms with E-state index in [4.69, 9.17) is 18.6 Å². The molecule has 0 radical (unpaired) electrons. The van der Waals surface area contributed by atoms with E-state index in [0.717, 1.165) is 10.0 Å². The second kappa shape index (κ2) is 10.1. The van der Waals surface area contributed by atoms with Crippen molar-refractivity contribution in [3.63, 3.8) is 0 Å². The molecule has 0 aliphatic carbocycles. The summed E-state index contributed by atoms with van der Waals surface area (Å²) in [6.45, 7) is 3.03. The predicted molar refractivity (Wildman–Crippen MR) is 114 cm³/mol. The highest BCUT2D eigenvalue weighted by atomic mass is 79.9. The van der Waals surface area contributed by atoms with Gasteiger partial charge < -0.3 is 23.9 Å². The van der Waals surface area contributed by atoms with Gasteiger partial charge in [0.2, 0.25) is 0 Å². The van der Waals surface area contributed by atoms with E-state index in [1.54, 1.807) is 25.3 Å². The zero-order chi connectivity index (χ0) is 20.6. The van der Waals surface area contributed by atoms with Crippen molar-refractivity contribution in [1.82, 2.24) is 0 Å². The van der Waals surface area contributed by atoms with Crippen molar-refractivity contribution < 1.29 is 23.4 Å². The Kier molecular flexibility index (Phi) is 7.32. The number of ether oxygens (including phenoxy) is 3. The number of carbonyl (C=O) groups excluding carboxylic acids is 1. The molecule has 0 spiro atoms. The lowest BCUT2D eigenvalue weighted by Gasteiger charge is -2.12. The Hall–Kier alpha value is -2.77. The second-order valence-corrected chi connectivity index (χ2v) is 7.22. The number of furan rings is 1. The molecule has 29 heavy (non-hydrogen) atoms. The van der Waals surface area contributed by atoms with Crippen molar-refractivity contribution in [2.45, 2.75) is 13.5 Å². The van der Waals surface area contributed by atoms with Crippen LogP contribution in [0.3, 0.4) is 0 Å². The highest BCUT2D eigenvalue weighted by Crippen LogP contribution is 2.27. The van der Waals surface area contributed by atoms with E-state index >= 15 is 0 Å². The van der Waals surface area contributed by atoms with E-state index in [-0.39, 0.29) is 18.3 Å². The van der Waals surface area contributed by atoms with Crippen LogP contribution in [-0.2, 0) is 11.3 Å². The van der Waals surface area contributed by atoms with E-state index in [1.165, 1.54) is 0 Å². The Balaban J connectivity index is 1.63. The third-order valence-corrected chi connectivity index (χ3v) is 4.49. The molecular weight excluding hydrogens is 438 g/mol. The topological polar surface area (TPSA) is 69.9 Å². The lowest BCUT2D eigenvalue weighted by atomic mass is 10.2. The van der Waals surface area contributed by atoms with Gasteiger partial charge in [0.05, 0.1) is 12.3 Å². The normalized spacial score (nSPS) is 10.6. The third kappa shape index (κ3) is 6.10. The minimum atomic E-state index is -0.362. The number of halogens is 1. The fraction of sp³-hybridized carbons (Fsp3) is 0.227. The standard InChI is InChI=1S/C22H22BrNO5/c1-15-6-8-19(21(12-15)27-11-10-26-2)24-22(25)20-9-7-18(29-20)14-28-17-5-3-4-16(23)13-17/h3-9,12-13H,10-11,14H2,1-2H3,(H,24,25). The lowest BCUT2D eigenvalue weighted by molar-refractivity contribution is 0.0991. The average molecular weight is 460 g/mol. The Morgan fingerprint density at radius 2 is 1.93 bits per heavy atom. The molecule has 0 bridgehead atoms. The van der Waals surface area contributed by atoms with Gasteiger partial charge in [0, 0.05) is 11.6 Å². The Morgan fingerprint density at radius 3 is 2.72 bits per heavy atom. The van der Waals surface area contributed by atoms with Crippen molar-refractivity contribution in [2.24, 2.45) is 0 Å². The number of benzene rings is 2. The summed E-state index contributed by atoms with van der Waals surface area (Å²) in [5.41, 5.74) is 1.60. The van der Waals surface area contributed by atoms with Crippen LogP contribution in [0.2, 0.25) is 0 Å². The minimum Gasteiger partial charge on any atom is -0.489 e. The van der Waals surface area contributed by atoms with Gasteiger partial charge in [0.25, 0.3) is 5.91 Å². The summed E-state index contributed by atoms with van der Waals surface area (Å²) >= 11 is 3.40. The number of hydrogen-bond acceptors (Lipinski definition) is 5. The third-order valence-electron chi connectivity index (χ3n) is 3.99. The smallest absolute Gasteiger partial charge is 0.291 e. The molecule has 0 unspecified atom stereocenters. The van der Waals surface area contributed by atoms with Crippen molar-refractivity contribution in [2.75, 3.05) is 25.6 Å². The lowest BCUT2D eigenvalue weighted by Crippen LogP contribution is -2.13. The number of carbonyl (C=O) groups is 1. The van der Waals surface area contributed by atoms with Crippen LogP contribution >= 0.6 is 15.9 Å². The quantitative estimate of drug-likeness (QED) is 0.444. The second-order valence-electron chi connectivity index (χ2n) is 6.31. The molecular formula is C22H22BrNO5. The summed E-state index contributed by atoms with van der Waals surface area (Å²) in [5, 5.41) is 2.83. The zero-order valence-corrected chi connectivity index (χ0v) is 17.8. The van der Waals surface area contributed by atoms with Crippen LogP contribution in [0.1, 0.15) is 21.9 Å². The van der Waals surface area contributed by atoms with Gasteiger partial charge in [-0.1, -0.05) is 28.1 Å². The van der Waals surface area contributed by atoms with Crippen LogP contribution in [0.25, 0.3) is 0 Å². The van der Waals surface area contributed by atoms with Gasteiger partial charge in [-0.2, -0.15) is 0 Å². The number of methoxy groups -OCH3 is 1. The molecule has 2 aromatic carbocycles. The molecule has 3 rings (SSSR count). The Labute approximate surface area is 177 Å². The van der Waals surface area contributed by atoms with Crippen molar-refractivity contribution in [3.8, 4) is 11.5 Å². The first kappa shape index (κ1) is 21.0. The van der Waals surface area contributed by atoms with E-state index in [2.05, 4.69) is 21.2 Å². The van der Waals surface area contributed by atoms with Gasteiger partial charge in [-0.05, 0) is 55.0 Å². The average Bonchev–Trinajstić information content (AvgIpc) is 3.18. The molecule has 1 aromatic heterocycles. The molecule has 3 aromatic rings. The Bertz CT molecular complexity index is 969. The summed E-state index contributed by atoms with van der Waals surface area (Å²) in [7, 11) is 1.61. The van der Waals surface area contributed by atoms with Crippen LogP contribution in [0.4, 0.5) is 5.69 Å². The molecule has 1 heterocycles. The molecule has 7 heteroatoms. The number of hydrogen-bond donors (Lipinski definition) is 1. The van der Waals surface area contributed by atoms with Crippen LogP contribution < -0.4 is 14.8 Å². The maximum atomic E-state index is 12.6. The number of nitrogens with one attached hydrogen (secondary N) is 1. The van der Waals surface area contributed by atoms with Gasteiger partial charge in [-0.3, -0.25) is 4.79 Å². The van der Waals surface area contributed by atoms with E-state index in [1.807, 2.05) is 43.3 Å². The zero-order valence-electron chi connectivity index (χ0n) is 16.2. The van der Waals surface area contributed by atoms with Crippen molar-refractivity contribution >= 4 is 27.5 Å². The fourth-order valence-electron chi connectivity index (χ4n) is 2.56. The molecule has 1 N–H and O–H groups in total. The molecule has 0 saturated carbocycles. The molecule has 0 atom stereocenters.